The van der Waals surface area contributed by atoms with Gasteiger partial charge in [-0.15, -0.1) is 0 Å². The van der Waals surface area contributed by atoms with Crippen molar-refractivity contribution < 1.29 is 13.2 Å². The summed E-state index contributed by atoms with van der Waals surface area (Å²) in [5.41, 5.74) is 0.0756. The molecule has 2 aromatic rings. The SMILES string of the molecule is C=CC(=NC)N/C=C(\C)n1nc(-c2cccnc2)cc1C(F)(F)F. The summed E-state index contributed by atoms with van der Waals surface area (Å²) in [7, 11) is 1.54. The molecule has 0 saturated carbocycles. The van der Waals surface area contributed by atoms with E-state index in [1.807, 2.05) is 0 Å². The number of amidine groups is 1. The molecule has 0 fully saturated rings. The van der Waals surface area contributed by atoms with Crippen LogP contribution in [-0.2, 0) is 6.18 Å². The first-order valence-electron chi connectivity index (χ1n) is 6.97. The van der Waals surface area contributed by atoms with Gasteiger partial charge >= 0.3 is 6.18 Å². The summed E-state index contributed by atoms with van der Waals surface area (Å²) in [6.07, 6.45) is 1.31. The Bertz CT molecular complexity index is 773. The molecule has 0 spiro atoms. The lowest BCUT2D eigenvalue weighted by Crippen LogP contribution is -2.18. The van der Waals surface area contributed by atoms with Crippen molar-refractivity contribution in [1.82, 2.24) is 20.1 Å². The average molecular weight is 335 g/mol. The fourth-order valence-electron chi connectivity index (χ4n) is 1.96. The number of aliphatic imine (C=N–C) groups is 1. The zero-order chi connectivity index (χ0) is 17.7. The van der Waals surface area contributed by atoms with Crippen molar-refractivity contribution in [2.75, 3.05) is 7.05 Å². The smallest absolute Gasteiger partial charge is 0.345 e. The second-order valence-electron chi connectivity index (χ2n) is 4.81. The maximum Gasteiger partial charge on any atom is 0.433 e. The Morgan fingerprint density at radius 2 is 2.17 bits per heavy atom. The molecule has 0 radical (unpaired) electrons. The molecule has 24 heavy (non-hydrogen) atoms. The van der Waals surface area contributed by atoms with E-state index in [1.165, 1.54) is 25.4 Å². The van der Waals surface area contributed by atoms with E-state index in [0.717, 1.165) is 10.7 Å². The highest BCUT2D eigenvalue weighted by atomic mass is 19.4. The van der Waals surface area contributed by atoms with Gasteiger partial charge in [0.1, 0.15) is 11.5 Å². The first-order valence-corrected chi connectivity index (χ1v) is 6.97. The van der Waals surface area contributed by atoms with Crippen LogP contribution in [0.4, 0.5) is 13.2 Å². The van der Waals surface area contributed by atoms with Crippen molar-refractivity contribution in [1.29, 1.82) is 0 Å². The Hall–Kier alpha value is -2.90. The Kier molecular flexibility index (Phi) is 5.18. The summed E-state index contributed by atoms with van der Waals surface area (Å²) < 4.78 is 40.8. The van der Waals surface area contributed by atoms with Crippen LogP contribution in [0.3, 0.4) is 0 Å². The lowest BCUT2D eigenvalue weighted by atomic mass is 10.2. The van der Waals surface area contributed by atoms with E-state index in [9.17, 15) is 13.2 Å². The van der Waals surface area contributed by atoms with E-state index in [4.69, 9.17) is 0 Å². The van der Waals surface area contributed by atoms with Crippen LogP contribution in [0.25, 0.3) is 17.0 Å². The Balaban J connectivity index is 2.46. The van der Waals surface area contributed by atoms with Gasteiger partial charge in [-0.3, -0.25) is 9.98 Å². The van der Waals surface area contributed by atoms with Crippen LogP contribution < -0.4 is 5.32 Å². The number of hydrogen-bond donors (Lipinski definition) is 1. The fraction of sp³-hybridized carbons (Fsp3) is 0.188. The predicted octanol–water partition coefficient (Wildman–Crippen LogP) is 3.59. The molecule has 0 unspecified atom stereocenters. The number of pyridine rings is 1. The molecule has 126 valence electrons. The van der Waals surface area contributed by atoms with Crippen LogP contribution in [0.2, 0.25) is 0 Å². The average Bonchev–Trinajstić information content (AvgIpc) is 3.02. The highest BCUT2D eigenvalue weighted by Crippen LogP contribution is 2.33. The standard InChI is InChI=1S/C16H16F3N5/c1-4-15(20-3)22-9-11(2)24-14(16(17,18)19)8-13(23-24)12-6-5-7-21-10-12/h4-10H,1H2,2-3H3,(H,20,22)/b11-9+. The van der Waals surface area contributed by atoms with Crippen LogP contribution in [0.15, 0.2) is 54.4 Å². The Morgan fingerprint density at radius 3 is 2.71 bits per heavy atom. The highest BCUT2D eigenvalue weighted by Gasteiger charge is 2.36. The minimum absolute atomic E-state index is 0.191. The first kappa shape index (κ1) is 17.5. The number of nitrogens with zero attached hydrogens (tertiary/aromatic N) is 4. The Morgan fingerprint density at radius 1 is 1.42 bits per heavy atom. The second-order valence-corrected chi connectivity index (χ2v) is 4.81. The molecule has 2 rings (SSSR count). The van der Waals surface area contributed by atoms with Crippen LogP contribution in [0.5, 0.6) is 0 Å². The highest BCUT2D eigenvalue weighted by molar-refractivity contribution is 5.93. The van der Waals surface area contributed by atoms with Gasteiger partial charge < -0.3 is 5.32 Å². The summed E-state index contributed by atoms with van der Waals surface area (Å²) in [6, 6.07) is 4.29. The number of alkyl halides is 3. The molecule has 2 heterocycles. The first-order chi connectivity index (χ1) is 11.4. The molecule has 0 aliphatic carbocycles. The van der Waals surface area contributed by atoms with Crippen LogP contribution in [-0.4, -0.2) is 27.6 Å². The molecule has 0 aromatic carbocycles. The van der Waals surface area contributed by atoms with Crippen LogP contribution in [0.1, 0.15) is 12.6 Å². The number of allylic oxidation sites excluding steroid dienone is 1. The van der Waals surface area contributed by atoms with Crippen molar-refractivity contribution in [3.8, 4) is 11.3 Å². The number of nitrogens with one attached hydrogen (secondary N) is 1. The number of rotatable bonds is 4. The summed E-state index contributed by atoms with van der Waals surface area (Å²) in [6.45, 7) is 5.06. The van der Waals surface area contributed by atoms with Gasteiger partial charge in [0.2, 0.25) is 0 Å². The summed E-state index contributed by atoms with van der Waals surface area (Å²) in [5.74, 6) is 0.433. The van der Waals surface area contributed by atoms with Crippen molar-refractivity contribution in [2.24, 2.45) is 4.99 Å². The van der Waals surface area contributed by atoms with E-state index < -0.39 is 11.9 Å². The van der Waals surface area contributed by atoms with Gasteiger partial charge in [0.05, 0.1) is 11.4 Å². The molecule has 0 aliphatic heterocycles. The minimum atomic E-state index is -4.54. The molecule has 1 N–H and O–H groups in total. The molecule has 8 heteroatoms. The molecular formula is C16H16F3N5. The van der Waals surface area contributed by atoms with Crippen LogP contribution >= 0.6 is 0 Å². The second kappa shape index (κ2) is 7.12. The third kappa shape index (κ3) is 3.89. The van der Waals surface area contributed by atoms with E-state index in [-0.39, 0.29) is 11.4 Å². The zero-order valence-electron chi connectivity index (χ0n) is 13.2. The maximum absolute atomic E-state index is 13.3. The fourth-order valence-corrected chi connectivity index (χ4v) is 1.96. The largest absolute Gasteiger partial charge is 0.433 e. The molecular weight excluding hydrogens is 319 g/mol. The van der Waals surface area contributed by atoms with Gasteiger partial charge in [-0.25, -0.2) is 4.68 Å². The van der Waals surface area contributed by atoms with Gasteiger partial charge in [-0.05, 0) is 31.2 Å². The van der Waals surface area contributed by atoms with Crippen LogP contribution in [0, 0.1) is 0 Å². The molecule has 5 nitrogen and oxygen atoms in total. The maximum atomic E-state index is 13.3. The van der Waals surface area contributed by atoms with E-state index in [1.54, 1.807) is 25.4 Å². The van der Waals surface area contributed by atoms with Gasteiger partial charge in [0.25, 0.3) is 0 Å². The van der Waals surface area contributed by atoms with Gasteiger partial charge in [-0.1, -0.05) is 6.58 Å². The molecule has 0 amide bonds. The molecule has 0 saturated heterocycles. The topological polar surface area (TPSA) is 55.1 Å². The third-order valence-electron chi connectivity index (χ3n) is 3.15. The number of hydrogen-bond acceptors (Lipinski definition) is 3. The summed E-state index contributed by atoms with van der Waals surface area (Å²) in [4.78, 5) is 7.78. The van der Waals surface area contributed by atoms with Gasteiger partial charge in [0, 0.05) is 31.2 Å². The molecule has 0 atom stereocenters. The number of halogens is 3. The molecule has 2 aromatic heterocycles. The van der Waals surface area contributed by atoms with Gasteiger partial charge in [-0.2, -0.15) is 18.3 Å². The lowest BCUT2D eigenvalue weighted by Gasteiger charge is -2.10. The Labute approximate surface area is 137 Å². The minimum Gasteiger partial charge on any atom is -0.345 e. The van der Waals surface area contributed by atoms with Gasteiger partial charge in [0.15, 0.2) is 0 Å². The normalized spacial score (nSPS) is 13.0. The zero-order valence-corrected chi connectivity index (χ0v) is 13.2. The van der Waals surface area contributed by atoms with E-state index >= 15 is 0 Å². The predicted molar refractivity (Wildman–Crippen MR) is 87.1 cm³/mol. The third-order valence-corrected chi connectivity index (χ3v) is 3.15. The van der Waals surface area contributed by atoms with Crippen molar-refractivity contribution >= 4 is 11.5 Å². The van der Waals surface area contributed by atoms with E-state index in [0.29, 0.717) is 11.4 Å². The van der Waals surface area contributed by atoms with Crippen molar-refractivity contribution in [2.45, 2.75) is 13.1 Å². The van der Waals surface area contributed by atoms with E-state index in [2.05, 4.69) is 27.0 Å². The number of aromatic nitrogens is 3. The summed E-state index contributed by atoms with van der Waals surface area (Å²) >= 11 is 0. The van der Waals surface area contributed by atoms with Crippen molar-refractivity contribution in [3.05, 3.63) is 55.1 Å². The quantitative estimate of drug-likeness (QED) is 0.686. The molecule has 0 aliphatic rings. The lowest BCUT2D eigenvalue weighted by molar-refractivity contribution is -0.142. The summed E-state index contributed by atoms with van der Waals surface area (Å²) in [5, 5.41) is 6.83. The van der Waals surface area contributed by atoms with Crippen molar-refractivity contribution in [3.63, 3.8) is 0 Å². The molecule has 0 bridgehead atoms. The monoisotopic (exact) mass is 335 g/mol.